The summed E-state index contributed by atoms with van der Waals surface area (Å²) in [4.78, 5) is 0. The zero-order chi connectivity index (χ0) is 8.23. The van der Waals surface area contributed by atoms with Crippen LogP contribution < -0.4 is 5.32 Å². The zero-order valence-corrected chi connectivity index (χ0v) is 7.81. The van der Waals surface area contributed by atoms with Gasteiger partial charge in [-0.3, -0.25) is 0 Å². The largest absolute Gasteiger partial charge is 0.309 e. The van der Waals surface area contributed by atoms with Crippen molar-refractivity contribution < 1.29 is 0 Å². The fraction of sp³-hybridized carbons (Fsp3) is 0.400. The first kappa shape index (κ1) is 8.02. The SMILES string of the molecule is C1=CCC(NCc2ccsc2)C1. The quantitative estimate of drug-likeness (QED) is 0.703. The van der Waals surface area contributed by atoms with E-state index in [1.807, 2.05) is 0 Å². The van der Waals surface area contributed by atoms with E-state index in [0.29, 0.717) is 6.04 Å². The molecule has 1 aromatic rings. The van der Waals surface area contributed by atoms with E-state index in [9.17, 15) is 0 Å². The highest BCUT2D eigenvalue weighted by atomic mass is 32.1. The lowest BCUT2D eigenvalue weighted by Gasteiger charge is -2.10. The summed E-state index contributed by atoms with van der Waals surface area (Å²) in [5.74, 6) is 0. The van der Waals surface area contributed by atoms with Crippen LogP contribution in [0.25, 0.3) is 0 Å². The number of hydrogen-bond acceptors (Lipinski definition) is 2. The lowest BCUT2D eigenvalue weighted by atomic mass is 10.2. The van der Waals surface area contributed by atoms with Crippen LogP contribution in [0.5, 0.6) is 0 Å². The number of nitrogens with one attached hydrogen (secondary N) is 1. The van der Waals surface area contributed by atoms with E-state index in [1.54, 1.807) is 11.3 Å². The van der Waals surface area contributed by atoms with E-state index in [-0.39, 0.29) is 0 Å². The molecule has 0 spiro atoms. The normalized spacial score (nSPS) is 17.3. The molecule has 0 saturated carbocycles. The lowest BCUT2D eigenvalue weighted by molar-refractivity contribution is 0.539. The highest BCUT2D eigenvalue weighted by Gasteiger charge is 2.08. The van der Waals surface area contributed by atoms with Crippen LogP contribution in [0.4, 0.5) is 0 Å². The molecule has 1 N–H and O–H groups in total. The Kier molecular flexibility index (Phi) is 2.59. The van der Waals surface area contributed by atoms with E-state index >= 15 is 0 Å². The van der Waals surface area contributed by atoms with Crippen molar-refractivity contribution in [2.45, 2.75) is 25.4 Å². The third kappa shape index (κ3) is 1.96. The molecular formula is C10H13NS. The Morgan fingerprint density at radius 1 is 1.42 bits per heavy atom. The van der Waals surface area contributed by atoms with Crippen molar-refractivity contribution in [3.8, 4) is 0 Å². The second-order valence-corrected chi connectivity index (χ2v) is 3.93. The minimum Gasteiger partial charge on any atom is -0.309 e. The smallest absolute Gasteiger partial charge is 0.0216 e. The number of rotatable bonds is 3. The van der Waals surface area contributed by atoms with Crippen molar-refractivity contribution in [3.05, 3.63) is 34.5 Å². The van der Waals surface area contributed by atoms with Crippen LogP contribution in [0, 0.1) is 0 Å². The Hall–Kier alpha value is -0.600. The van der Waals surface area contributed by atoms with Gasteiger partial charge in [0.2, 0.25) is 0 Å². The van der Waals surface area contributed by atoms with E-state index in [2.05, 4.69) is 34.3 Å². The first-order valence-electron chi connectivity index (χ1n) is 4.34. The maximum absolute atomic E-state index is 3.53. The zero-order valence-electron chi connectivity index (χ0n) is 6.99. The molecule has 0 atom stereocenters. The van der Waals surface area contributed by atoms with Crippen LogP contribution in [0.15, 0.2) is 29.0 Å². The van der Waals surface area contributed by atoms with Crippen LogP contribution in [0.1, 0.15) is 18.4 Å². The van der Waals surface area contributed by atoms with Crippen molar-refractivity contribution in [2.24, 2.45) is 0 Å². The fourth-order valence-electron chi connectivity index (χ4n) is 1.44. The predicted octanol–water partition coefficient (Wildman–Crippen LogP) is 2.56. The first-order chi connectivity index (χ1) is 5.95. The molecule has 1 aliphatic rings. The van der Waals surface area contributed by atoms with E-state index in [1.165, 1.54) is 18.4 Å². The summed E-state index contributed by atoms with van der Waals surface area (Å²) in [5.41, 5.74) is 1.41. The van der Waals surface area contributed by atoms with Gasteiger partial charge in [-0.15, -0.1) is 0 Å². The molecule has 0 bridgehead atoms. The molecule has 1 aromatic heterocycles. The van der Waals surface area contributed by atoms with E-state index in [0.717, 1.165) is 6.54 Å². The molecule has 0 unspecified atom stereocenters. The van der Waals surface area contributed by atoms with Crippen molar-refractivity contribution in [1.29, 1.82) is 0 Å². The minimum atomic E-state index is 0.685. The Bertz CT molecular complexity index is 243. The van der Waals surface area contributed by atoms with Crippen molar-refractivity contribution in [3.63, 3.8) is 0 Å². The molecule has 2 heteroatoms. The monoisotopic (exact) mass is 179 g/mol. The molecule has 0 aliphatic heterocycles. The van der Waals surface area contributed by atoms with Gasteiger partial charge in [0.15, 0.2) is 0 Å². The molecule has 0 aromatic carbocycles. The van der Waals surface area contributed by atoms with Gasteiger partial charge in [0.05, 0.1) is 0 Å². The predicted molar refractivity (Wildman–Crippen MR) is 53.3 cm³/mol. The van der Waals surface area contributed by atoms with Crippen LogP contribution in [0.2, 0.25) is 0 Å². The Morgan fingerprint density at radius 2 is 2.25 bits per heavy atom. The third-order valence-corrected chi connectivity index (χ3v) is 2.91. The van der Waals surface area contributed by atoms with Crippen LogP contribution in [-0.4, -0.2) is 6.04 Å². The summed E-state index contributed by atoms with van der Waals surface area (Å²) in [5, 5.41) is 7.86. The second-order valence-electron chi connectivity index (χ2n) is 3.15. The molecule has 0 fully saturated rings. The molecule has 12 heavy (non-hydrogen) atoms. The third-order valence-electron chi connectivity index (χ3n) is 2.18. The fourth-order valence-corrected chi connectivity index (χ4v) is 2.11. The Balaban J connectivity index is 1.75. The maximum atomic E-state index is 3.53. The van der Waals surface area contributed by atoms with Crippen molar-refractivity contribution in [1.82, 2.24) is 5.32 Å². The molecule has 0 saturated heterocycles. The lowest BCUT2D eigenvalue weighted by Crippen LogP contribution is -2.25. The first-order valence-corrected chi connectivity index (χ1v) is 5.29. The minimum absolute atomic E-state index is 0.685. The average molecular weight is 179 g/mol. The second kappa shape index (κ2) is 3.87. The van der Waals surface area contributed by atoms with Crippen LogP contribution in [0.3, 0.4) is 0 Å². The summed E-state index contributed by atoms with van der Waals surface area (Å²) in [6, 6.07) is 2.87. The topological polar surface area (TPSA) is 12.0 Å². The molecule has 1 nitrogen and oxygen atoms in total. The molecule has 1 heterocycles. The van der Waals surface area contributed by atoms with Gasteiger partial charge in [0, 0.05) is 12.6 Å². The average Bonchev–Trinajstić information content (AvgIpc) is 2.74. The Morgan fingerprint density at radius 3 is 2.92 bits per heavy atom. The number of thiophene rings is 1. The van der Waals surface area contributed by atoms with E-state index < -0.39 is 0 Å². The summed E-state index contributed by atoms with van der Waals surface area (Å²) in [7, 11) is 0. The van der Waals surface area contributed by atoms with Crippen LogP contribution >= 0.6 is 11.3 Å². The highest BCUT2D eigenvalue weighted by Crippen LogP contribution is 2.11. The van der Waals surface area contributed by atoms with Gasteiger partial charge in [-0.1, -0.05) is 12.2 Å². The van der Waals surface area contributed by atoms with Gasteiger partial charge >= 0.3 is 0 Å². The van der Waals surface area contributed by atoms with Gasteiger partial charge in [-0.25, -0.2) is 0 Å². The molecule has 1 aliphatic carbocycles. The van der Waals surface area contributed by atoms with Gasteiger partial charge in [-0.2, -0.15) is 11.3 Å². The molecule has 0 amide bonds. The highest BCUT2D eigenvalue weighted by molar-refractivity contribution is 7.07. The summed E-state index contributed by atoms with van der Waals surface area (Å²) >= 11 is 1.77. The summed E-state index contributed by atoms with van der Waals surface area (Å²) < 4.78 is 0. The van der Waals surface area contributed by atoms with Gasteiger partial charge in [-0.05, 0) is 35.2 Å². The Labute approximate surface area is 77.1 Å². The van der Waals surface area contributed by atoms with Crippen molar-refractivity contribution >= 4 is 11.3 Å². The molecule has 2 rings (SSSR count). The molecule has 0 radical (unpaired) electrons. The van der Waals surface area contributed by atoms with Crippen LogP contribution in [-0.2, 0) is 6.54 Å². The maximum Gasteiger partial charge on any atom is 0.0216 e. The van der Waals surface area contributed by atoms with Gasteiger partial charge in [0.1, 0.15) is 0 Å². The van der Waals surface area contributed by atoms with Gasteiger partial charge in [0.25, 0.3) is 0 Å². The van der Waals surface area contributed by atoms with Gasteiger partial charge < -0.3 is 5.32 Å². The molecule has 64 valence electrons. The standard InChI is InChI=1S/C10H13NS/c1-2-4-10(3-1)11-7-9-5-6-12-8-9/h1-2,5-6,8,10-11H,3-4,7H2. The summed E-state index contributed by atoms with van der Waals surface area (Å²) in [6.45, 7) is 1.02. The van der Waals surface area contributed by atoms with E-state index in [4.69, 9.17) is 0 Å². The number of hydrogen-bond donors (Lipinski definition) is 1. The van der Waals surface area contributed by atoms with Crippen molar-refractivity contribution in [2.75, 3.05) is 0 Å². The molecular weight excluding hydrogens is 166 g/mol. The summed E-state index contributed by atoms with van der Waals surface area (Å²) in [6.07, 6.45) is 6.91.